The summed E-state index contributed by atoms with van der Waals surface area (Å²) in [6, 6.07) is -0.843. The highest BCUT2D eigenvalue weighted by Crippen LogP contribution is 2.30. The van der Waals surface area contributed by atoms with Crippen molar-refractivity contribution in [2.45, 2.75) is 45.6 Å². The number of carbonyl (C=O) groups excluding carboxylic acids is 1. The first-order valence-electron chi connectivity index (χ1n) is 6.93. The second kappa shape index (κ2) is 6.07. The summed E-state index contributed by atoms with van der Waals surface area (Å²) >= 11 is 0. The Bertz CT molecular complexity index is 489. The SMILES string of the molecule is Cc1nocc1C(=O)NC(C(=O)O)C1CCC(C)CC1. The van der Waals surface area contributed by atoms with Crippen molar-refractivity contribution in [1.29, 1.82) is 0 Å². The maximum atomic E-state index is 12.1. The largest absolute Gasteiger partial charge is 0.480 e. The van der Waals surface area contributed by atoms with Gasteiger partial charge in [0.15, 0.2) is 0 Å². The molecule has 1 fully saturated rings. The van der Waals surface area contributed by atoms with Gasteiger partial charge in [-0.25, -0.2) is 4.79 Å². The summed E-state index contributed by atoms with van der Waals surface area (Å²) in [5.41, 5.74) is 0.754. The fourth-order valence-electron chi connectivity index (χ4n) is 2.73. The minimum atomic E-state index is -0.980. The van der Waals surface area contributed by atoms with Crippen molar-refractivity contribution >= 4 is 11.9 Å². The van der Waals surface area contributed by atoms with Crippen molar-refractivity contribution in [2.75, 3.05) is 0 Å². The van der Waals surface area contributed by atoms with Crippen molar-refractivity contribution in [3.05, 3.63) is 17.5 Å². The van der Waals surface area contributed by atoms with Crippen LogP contribution in [-0.4, -0.2) is 28.2 Å². The summed E-state index contributed by atoms with van der Waals surface area (Å²) in [6.07, 6.45) is 4.93. The lowest BCUT2D eigenvalue weighted by Gasteiger charge is -2.30. The molecular formula is C14H20N2O4. The van der Waals surface area contributed by atoms with Crippen LogP contribution in [-0.2, 0) is 4.79 Å². The molecule has 1 aliphatic carbocycles. The third-order valence-corrected chi connectivity index (χ3v) is 4.08. The number of hydrogen-bond donors (Lipinski definition) is 2. The summed E-state index contributed by atoms with van der Waals surface area (Å²) in [4.78, 5) is 23.5. The molecule has 0 bridgehead atoms. The van der Waals surface area contributed by atoms with Gasteiger partial charge in [0.1, 0.15) is 17.9 Å². The molecule has 0 aromatic carbocycles. The molecule has 1 unspecified atom stereocenters. The predicted octanol–water partition coefficient (Wildman–Crippen LogP) is 1.99. The van der Waals surface area contributed by atoms with Crippen LogP contribution in [0.25, 0.3) is 0 Å². The number of aryl methyl sites for hydroxylation is 1. The Morgan fingerprint density at radius 2 is 2.05 bits per heavy atom. The van der Waals surface area contributed by atoms with Crippen LogP contribution in [0.3, 0.4) is 0 Å². The zero-order chi connectivity index (χ0) is 14.7. The Labute approximate surface area is 117 Å². The average molecular weight is 280 g/mol. The third kappa shape index (κ3) is 3.18. The van der Waals surface area contributed by atoms with Gasteiger partial charge >= 0.3 is 5.97 Å². The first kappa shape index (κ1) is 14.6. The Morgan fingerprint density at radius 3 is 2.55 bits per heavy atom. The zero-order valence-corrected chi connectivity index (χ0v) is 11.8. The molecule has 2 N–H and O–H groups in total. The van der Waals surface area contributed by atoms with E-state index in [1.807, 2.05) is 0 Å². The van der Waals surface area contributed by atoms with Gasteiger partial charge in [0, 0.05) is 0 Å². The molecule has 1 saturated carbocycles. The van der Waals surface area contributed by atoms with Gasteiger partial charge < -0.3 is 14.9 Å². The summed E-state index contributed by atoms with van der Waals surface area (Å²) in [5, 5.41) is 15.6. The number of hydrogen-bond acceptors (Lipinski definition) is 4. The number of carbonyl (C=O) groups is 2. The van der Waals surface area contributed by atoms with E-state index in [-0.39, 0.29) is 5.92 Å². The number of carboxylic acids is 1. The van der Waals surface area contributed by atoms with Gasteiger partial charge in [-0.1, -0.05) is 24.9 Å². The van der Waals surface area contributed by atoms with Gasteiger partial charge in [-0.3, -0.25) is 4.79 Å². The number of amides is 1. The molecule has 1 atom stereocenters. The van der Waals surface area contributed by atoms with Crippen molar-refractivity contribution in [2.24, 2.45) is 11.8 Å². The van der Waals surface area contributed by atoms with Crippen molar-refractivity contribution in [3.63, 3.8) is 0 Å². The lowest BCUT2D eigenvalue weighted by Crippen LogP contribution is -2.47. The zero-order valence-electron chi connectivity index (χ0n) is 11.8. The molecule has 1 aromatic heterocycles. The normalized spacial score (nSPS) is 24.1. The van der Waals surface area contributed by atoms with Crippen LogP contribution in [0.1, 0.15) is 48.7 Å². The van der Waals surface area contributed by atoms with Gasteiger partial charge in [0.05, 0.1) is 5.69 Å². The minimum absolute atomic E-state index is 0.00665. The molecule has 1 heterocycles. The second-order valence-electron chi connectivity index (χ2n) is 5.62. The van der Waals surface area contributed by atoms with E-state index in [2.05, 4.69) is 17.4 Å². The van der Waals surface area contributed by atoms with Crippen molar-refractivity contribution in [1.82, 2.24) is 10.5 Å². The van der Waals surface area contributed by atoms with E-state index >= 15 is 0 Å². The van der Waals surface area contributed by atoms with Gasteiger partial charge in [0.25, 0.3) is 5.91 Å². The van der Waals surface area contributed by atoms with Crippen LogP contribution in [0.4, 0.5) is 0 Å². The van der Waals surface area contributed by atoms with E-state index in [0.717, 1.165) is 25.7 Å². The number of nitrogens with zero attached hydrogens (tertiary/aromatic N) is 1. The topological polar surface area (TPSA) is 92.4 Å². The fourth-order valence-corrected chi connectivity index (χ4v) is 2.73. The molecule has 6 nitrogen and oxygen atoms in total. The van der Waals surface area contributed by atoms with Crippen molar-refractivity contribution < 1.29 is 19.2 Å². The van der Waals surface area contributed by atoms with E-state index in [4.69, 9.17) is 4.52 Å². The molecule has 1 aliphatic rings. The van der Waals surface area contributed by atoms with Crippen LogP contribution in [0, 0.1) is 18.8 Å². The summed E-state index contributed by atoms with van der Waals surface area (Å²) < 4.78 is 4.71. The summed E-state index contributed by atoms with van der Waals surface area (Å²) in [5.74, 6) is -0.786. The first-order valence-corrected chi connectivity index (χ1v) is 6.93. The predicted molar refractivity (Wildman–Crippen MR) is 71.3 cm³/mol. The molecule has 6 heteroatoms. The van der Waals surface area contributed by atoms with E-state index in [1.54, 1.807) is 6.92 Å². The van der Waals surface area contributed by atoms with E-state index in [1.165, 1.54) is 6.26 Å². The number of aromatic nitrogens is 1. The lowest BCUT2D eigenvalue weighted by molar-refractivity contribution is -0.141. The third-order valence-electron chi connectivity index (χ3n) is 4.08. The van der Waals surface area contributed by atoms with Gasteiger partial charge in [-0.05, 0) is 31.6 Å². The molecule has 2 rings (SSSR count). The number of rotatable bonds is 4. The Balaban J connectivity index is 2.05. The molecule has 110 valence electrons. The van der Waals surface area contributed by atoms with Gasteiger partial charge in [-0.15, -0.1) is 0 Å². The Kier molecular flexibility index (Phi) is 4.42. The molecule has 0 spiro atoms. The molecule has 1 aromatic rings. The van der Waals surface area contributed by atoms with Crippen LogP contribution in [0.15, 0.2) is 10.8 Å². The molecule has 20 heavy (non-hydrogen) atoms. The quantitative estimate of drug-likeness (QED) is 0.880. The molecule has 0 saturated heterocycles. The number of carboxylic acid groups (broad SMARTS) is 1. The Morgan fingerprint density at radius 1 is 1.40 bits per heavy atom. The molecule has 0 radical (unpaired) electrons. The van der Waals surface area contributed by atoms with Crippen molar-refractivity contribution in [3.8, 4) is 0 Å². The van der Waals surface area contributed by atoms with Crippen LogP contribution in [0.2, 0.25) is 0 Å². The van der Waals surface area contributed by atoms with Crippen LogP contribution in [0.5, 0.6) is 0 Å². The van der Waals surface area contributed by atoms with E-state index in [0.29, 0.717) is 17.2 Å². The summed E-state index contributed by atoms with van der Waals surface area (Å²) in [6.45, 7) is 3.82. The first-order chi connectivity index (χ1) is 9.49. The second-order valence-corrected chi connectivity index (χ2v) is 5.62. The van der Waals surface area contributed by atoms with Gasteiger partial charge in [0.2, 0.25) is 0 Å². The molecule has 0 aliphatic heterocycles. The highest BCUT2D eigenvalue weighted by Gasteiger charge is 2.33. The maximum Gasteiger partial charge on any atom is 0.326 e. The standard InChI is InChI=1S/C14H20N2O4/c1-8-3-5-10(6-4-8)12(14(18)19)15-13(17)11-7-20-16-9(11)2/h7-8,10,12H,3-6H2,1-2H3,(H,15,17)(H,18,19). The number of aliphatic carboxylic acids is 1. The monoisotopic (exact) mass is 280 g/mol. The van der Waals surface area contributed by atoms with E-state index < -0.39 is 17.9 Å². The van der Waals surface area contributed by atoms with Gasteiger partial charge in [-0.2, -0.15) is 0 Å². The maximum absolute atomic E-state index is 12.1. The average Bonchev–Trinajstić information content (AvgIpc) is 2.83. The highest BCUT2D eigenvalue weighted by atomic mass is 16.5. The van der Waals surface area contributed by atoms with Crippen LogP contribution >= 0.6 is 0 Å². The summed E-state index contributed by atoms with van der Waals surface area (Å²) in [7, 11) is 0. The number of nitrogens with one attached hydrogen (secondary N) is 1. The highest BCUT2D eigenvalue weighted by molar-refractivity contribution is 5.97. The fraction of sp³-hybridized carbons (Fsp3) is 0.643. The van der Waals surface area contributed by atoms with Crippen LogP contribution < -0.4 is 5.32 Å². The molecular weight excluding hydrogens is 260 g/mol. The minimum Gasteiger partial charge on any atom is -0.480 e. The van der Waals surface area contributed by atoms with E-state index in [9.17, 15) is 14.7 Å². The molecule has 1 amide bonds. The smallest absolute Gasteiger partial charge is 0.326 e. The lowest BCUT2D eigenvalue weighted by atomic mass is 9.79. The Hall–Kier alpha value is -1.85.